The molecule has 0 radical (unpaired) electrons. The Bertz CT molecular complexity index is 911. The van der Waals surface area contributed by atoms with Crippen LogP contribution in [0, 0.1) is 0 Å². The minimum absolute atomic E-state index is 0. The Labute approximate surface area is 167 Å². The lowest BCUT2D eigenvalue weighted by Crippen LogP contribution is -2.11. The quantitative estimate of drug-likeness (QED) is 0.584. The van der Waals surface area contributed by atoms with E-state index in [-0.39, 0.29) is 19.2 Å². The molecule has 1 N–H and O–H groups in total. The first-order valence-corrected chi connectivity index (χ1v) is 8.58. The largest absolute Gasteiger partial charge is 0.460 e. The summed E-state index contributed by atoms with van der Waals surface area (Å²) in [7, 11) is 0. The van der Waals surface area contributed by atoms with Gasteiger partial charge >= 0.3 is 0 Å². The molecule has 1 aromatic heterocycles. The monoisotopic (exact) mass is 411 g/mol. The number of benzene rings is 2. The van der Waals surface area contributed by atoms with Crippen LogP contribution >= 0.6 is 35.6 Å². The van der Waals surface area contributed by atoms with Gasteiger partial charge < -0.3 is 19.2 Å². The summed E-state index contributed by atoms with van der Waals surface area (Å²) in [4.78, 5) is 0. The Hall–Kier alpha value is -1.85. The normalized spacial score (nSPS) is 12.1. The first-order valence-electron chi connectivity index (χ1n) is 7.82. The van der Waals surface area contributed by atoms with Crippen molar-refractivity contribution in [3.8, 4) is 22.8 Å². The average molecular weight is 413 g/mol. The molecule has 0 spiro atoms. The Morgan fingerprint density at radius 1 is 0.885 bits per heavy atom. The van der Waals surface area contributed by atoms with Crippen molar-refractivity contribution in [2.24, 2.45) is 0 Å². The molecule has 0 saturated heterocycles. The van der Waals surface area contributed by atoms with Gasteiger partial charge in [0.1, 0.15) is 11.5 Å². The molecule has 26 heavy (non-hydrogen) atoms. The Balaban J connectivity index is 0.00000196. The molecule has 0 amide bonds. The van der Waals surface area contributed by atoms with Gasteiger partial charge in [-0.25, -0.2) is 0 Å². The highest BCUT2D eigenvalue weighted by atomic mass is 35.5. The summed E-state index contributed by atoms with van der Waals surface area (Å²) in [5.74, 6) is 3.10. The van der Waals surface area contributed by atoms with Crippen molar-refractivity contribution in [3.05, 3.63) is 69.9 Å². The van der Waals surface area contributed by atoms with E-state index in [1.54, 1.807) is 18.2 Å². The molecule has 1 aliphatic heterocycles. The van der Waals surface area contributed by atoms with E-state index in [1.165, 1.54) is 0 Å². The van der Waals surface area contributed by atoms with Crippen molar-refractivity contribution in [3.63, 3.8) is 0 Å². The molecular weight excluding hydrogens is 397 g/mol. The van der Waals surface area contributed by atoms with Crippen LogP contribution in [0.2, 0.25) is 10.0 Å². The van der Waals surface area contributed by atoms with Crippen LogP contribution in [0.15, 0.2) is 52.9 Å². The van der Waals surface area contributed by atoms with Crippen LogP contribution in [-0.4, -0.2) is 6.79 Å². The van der Waals surface area contributed by atoms with Crippen molar-refractivity contribution in [2.45, 2.75) is 13.1 Å². The summed E-state index contributed by atoms with van der Waals surface area (Å²) in [6.45, 7) is 1.59. The third-order valence-corrected chi connectivity index (χ3v) is 4.49. The maximum absolute atomic E-state index is 6.21. The fraction of sp³-hybridized carbons (Fsp3) is 0.158. The average Bonchev–Trinajstić information content (AvgIpc) is 3.26. The van der Waals surface area contributed by atoms with Crippen LogP contribution in [0.5, 0.6) is 11.5 Å². The maximum atomic E-state index is 6.21. The van der Waals surface area contributed by atoms with Crippen LogP contribution in [-0.2, 0) is 13.1 Å². The second kappa shape index (κ2) is 8.23. The Kier molecular flexibility index (Phi) is 5.99. The van der Waals surface area contributed by atoms with Gasteiger partial charge in [-0.15, -0.1) is 12.4 Å². The van der Waals surface area contributed by atoms with E-state index in [0.717, 1.165) is 28.4 Å². The third kappa shape index (κ3) is 4.10. The molecule has 3 aromatic rings. The topological polar surface area (TPSA) is 43.6 Å². The molecule has 0 unspecified atom stereocenters. The van der Waals surface area contributed by atoms with Gasteiger partial charge in [-0.05, 0) is 48.0 Å². The van der Waals surface area contributed by atoms with Gasteiger partial charge in [0.05, 0.1) is 11.6 Å². The minimum atomic E-state index is 0. The van der Waals surface area contributed by atoms with E-state index in [2.05, 4.69) is 5.32 Å². The van der Waals surface area contributed by atoms with E-state index < -0.39 is 0 Å². The highest BCUT2D eigenvalue weighted by molar-refractivity contribution is 6.35. The number of ether oxygens (including phenoxy) is 2. The second-order valence-corrected chi connectivity index (χ2v) is 6.52. The van der Waals surface area contributed by atoms with Crippen LogP contribution in [0.3, 0.4) is 0 Å². The SMILES string of the molecule is Cl.Clc1ccc(Cl)c(-c2ccc(CNCc3ccc4c(c3)OCO4)o2)c1. The first-order chi connectivity index (χ1) is 12.2. The van der Waals surface area contributed by atoms with Gasteiger partial charge in [0, 0.05) is 17.1 Å². The van der Waals surface area contributed by atoms with Gasteiger partial charge in [0.25, 0.3) is 0 Å². The molecule has 1 aliphatic rings. The summed E-state index contributed by atoms with van der Waals surface area (Å²) < 4.78 is 16.6. The van der Waals surface area contributed by atoms with E-state index >= 15 is 0 Å². The third-order valence-electron chi connectivity index (χ3n) is 3.92. The van der Waals surface area contributed by atoms with E-state index in [4.69, 9.17) is 37.1 Å². The van der Waals surface area contributed by atoms with Crippen LogP contribution < -0.4 is 14.8 Å². The van der Waals surface area contributed by atoms with Crippen molar-refractivity contribution in [1.29, 1.82) is 0 Å². The van der Waals surface area contributed by atoms with Gasteiger partial charge in [-0.3, -0.25) is 0 Å². The molecule has 136 valence electrons. The standard InChI is InChI=1S/C19H15Cl2NO3.ClH/c20-13-2-4-16(21)15(8-13)17-6-3-14(25-17)10-22-9-12-1-5-18-19(7-12)24-11-23-18;/h1-8,22H,9-11H2;1H. The number of halogens is 3. The molecule has 0 bridgehead atoms. The lowest BCUT2D eigenvalue weighted by molar-refractivity contribution is 0.174. The number of furan rings is 1. The maximum Gasteiger partial charge on any atom is 0.231 e. The summed E-state index contributed by atoms with van der Waals surface area (Å²) in [6.07, 6.45) is 0. The molecule has 4 rings (SSSR count). The Morgan fingerprint density at radius 2 is 1.73 bits per heavy atom. The number of fused-ring (bicyclic) bond motifs is 1. The fourth-order valence-corrected chi connectivity index (χ4v) is 3.07. The molecule has 2 heterocycles. The predicted molar refractivity (Wildman–Crippen MR) is 105 cm³/mol. The predicted octanol–water partition coefficient (Wildman–Crippen LogP) is 5.69. The van der Waals surface area contributed by atoms with Gasteiger partial charge in [-0.1, -0.05) is 29.3 Å². The molecule has 0 saturated carbocycles. The highest BCUT2D eigenvalue weighted by Gasteiger charge is 2.13. The zero-order valence-corrected chi connectivity index (χ0v) is 16.0. The molecule has 7 heteroatoms. The number of rotatable bonds is 5. The summed E-state index contributed by atoms with van der Waals surface area (Å²) in [5.41, 5.74) is 1.91. The molecular formula is C19H16Cl3NO3. The van der Waals surface area contributed by atoms with Crippen molar-refractivity contribution in [1.82, 2.24) is 5.32 Å². The zero-order chi connectivity index (χ0) is 17.2. The summed E-state index contributed by atoms with van der Waals surface area (Å²) in [6, 6.07) is 15.1. The molecule has 0 atom stereocenters. The van der Waals surface area contributed by atoms with Crippen LogP contribution in [0.1, 0.15) is 11.3 Å². The van der Waals surface area contributed by atoms with Gasteiger partial charge in [0.2, 0.25) is 6.79 Å². The molecule has 0 fully saturated rings. The van der Waals surface area contributed by atoms with Crippen LogP contribution in [0.25, 0.3) is 11.3 Å². The fourth-order valence-electron chi connectivity index (χ4n) is 2.68. The highest BCUT2D eigenvalue weighted by Crippen LogP contribution is 2.33. The van der Waals surface area contributed by atoms with Gasteiger partial charge in [-0.2, -0.15) is 0 Å². The van der Waals surface area contributed by atoms with Crippen LogP contribution in [0.4, 0.5) is 0 Å². The first kappa shape index (κ1) is 18.9. The van der Waals surface area contributed by atoms with E-state index in [0.29, 0.717) is 28.9 Å². The number of nitrogens with one attached hydrogen (secondary N) is 1. The van der Waals surface area contributed by atoms with E-state index in [1.807, 2.05) is 30.3 Å². The van der Waals surface area contributed by atoms with Crippen molar-refractivity contribution in [2.75, 3.05) is 6.79 Å². The minimum Gasteiger partial charge on any atom is -0.460 e. The molecule has 2 aromatic carbocycles. The van der Waals surface area contributed by atoms with Crippen molar-refractivity contribution < 1.29 is 13.9 Å². The lowest BCUT2D eigenvalue weighted by atomic mass is 10.2. The smallest absolute Gasteiger partial charge is 0.231 e. The van der Waals surface area contributed by atoms with Gasteiger partial charge in [0.15, 0.2) is 11.5 Å². The number of hydrogen-bond donors (Lipinski definition) is 1. The zero-order valence-electron chi connectivity index (χ0n) is 13.6. The van der Waals surface area contributed by atoms with E-state index in [9.17, 15) is 0 Å². The lowest BCUT2D eigenvalue weighted by Gasteiger charge is -2.05. The van der Waals surface area contributed by atoms with Crippen molar-refractivity contribution >= 4 is 35.6 Å². The molecule has 0 aliphatic carbocycles. The summed E-state index contributed by atoms with van der Waals surface area (Å²) >= 11 is 12.2. The second-order valence-electron chi connectivity index (χ2n) is 5.68. The Morgan fingerprint density at radius 3 is 2.62 bits per heavy atom. The molecule has 4 nitrogen and oxygen atoms in total. The number of hydrogen-bond acceptors (Lipinski definition) is 4. The summed E-state index contributed by atoms with van der Waals surface area (Å²) in [5, 5.41) is 4.58.